The van der Waals surface area contributed by atoms with Crippen molar-refractivity contribution in [2.45, 2.75) is 20.3 Å². The number of ether oxygens (including phenoxy) is 1. The number of hydrogen-bond donors (Lipinski definition) is 1. The molecule has 0 atom stereocenters. The second kappa shape index (κ2) is 6.56. The Morgan fingerprint density at radius 3 is 2.63 bits per heavy atom. The molecule has 1 aromatic rings. The molecular formula is C13H18O5S. The summed E-state index contributed by atoms with van der Waals surface area (Å²) in [6.07, 6.45) is 0.350. The molecule has 0 radical (unpaired) electrons. The van der Waals surface area contributed by atoms with Gasteiger partial charge in [-0.25, -0.2) is 13.2 Å². The number of carboxylic acids is 1. The van der Waals surface area contributed by atoms with Crippen LogP contribution < -0.4 is 4.74 Å². The summed E-state index contributed by atoms with van der Waals surface area (Å²) in [4.78, 5) is 11.0. The molecule has 0 saturated heterocycles. The number of rotatable bonds is 7. The van der Waals surface area contributed by atoms with E-state index in [1.165, 1.54) is 6.07 Å². The summed E-state index contributed by atoms with van der Waals surface area (Å²) in [5.41, 5.74) is 0.977. The van der Waals surface area contributed by atoms with Crippen LogP contribution in [0, 0.1) is 6.92 Å². The van der Waals surface area contributed by atoms with E-state index in [1.807, 2.05) is 6.92 Å². The quantitative estimate of drug-likeness (QED) is 0.774. The predicted molar refractivity (Wildman–Crippen MR) is 72.6 cm³/mol. The minimum Gasteiger partial charge on any atom is -0.493 e. The summed E-state index contributed by atoms with van der Waals surface area (Å²) in [6.45, 7) is 3.61. The van der Waals surface area contributed by atoms with Crippen LogP contribution in [0.1, 0.15) is 29.3 Å². The molecule has 1 N–H and O–H groups in total. The molecule has 0 amide bonds. The van der Waals surface area contributed by atoms with E-state index in [1.54, 1.807) is 19.1 Å². The number of sulfone groups is 1. The smallest absolute Gasteiger partial charge is 0.339 e. The molecule has 0 aromatic heterocycles. The van der Waals surface area contributed by atoms with E-state index in [9.17, 15) is 13.2 Å². The van der Waals surface area contributed by atoms with Crippen molar-refractivity contribution in [1.29, 1.82) is 0 Å². The maximum absolute atomic E-state index is 11.3. The first kappa shape index (κ1) is 15.5. The van der Waals surface area contributed by atoms with Gasteiger partial charge in [0.2, 0.25) is 0 Å². The third-order valence-corrected chi connectivity index (χ3v) is 4.45. The molecule has 0 aliphatic heterocycles. The normalized spacial score (nSPS) is 11.3. The Bertz CT molecular complexity index is 548. The highest BCUT2D eigenvalue weighted by molar-refractivity contribution is 7.91. The second-order valence-electron chi connectivity index (χ2n) is 4.24. The minimum absolute atomic E-state index is 0.0533. The van der Waals surface area contributed by atoms with Gasteiger partial charge in [0.15, 0.2) is 0 Å². The fourth-order valence-corrected chi connectivity index (χ4v) is 2.38. The van der Waals surface area contributed by atoms with Crippen LogP contribution in [0.2, 0.25) is 0 Å². The first-order valence-corrected chi connectivity index (χ1v) is 7.85. The van der Waals surface area contributed by atoms with Gasteiger partial charge in [0.1, 0.15) is 21.2 Å². The zero-order valence-electron chi connectivity index (χ0n) is 11.0. The van der Waals surface area contributed by atoms with Gasteiger partial charge in [0, 0.05) is 5.75 Å². The summed E-state index contributed by atoms with van der Waals surface area (Å²) in [5.74, 6) is -0.618. The van der Waals surface area contributed by atoms with Gasteiger partial charge < -0.3 is 9.84 Å². The Morgan fingerprint density at radius 1 is 1.37 bits per heavy atom. The molecule has 0 heterocycles. The molecule has 5 nitrogen and oxygen atoms in total. The van der Waals surface area contributed by atoms with Gasteiger partial charge in [-0.15, -0.1) is 0 Å². The predicted octanol–water partition coefficient (Wildman–Crippen LogP) is 1.90. The second-order valence-corrected chi connectivity index (χ2v) is 6.72. The monoisotopic (exact) mass is 286 g/mol. The molecule has 19 heavy (non-hydrogen) atoms. The Balaban J connectivity index is 2.63. The zero-order chi connectivity index (χ0) is 14.5. The van der Waals surface area contributed by atoms with Crippen molar-refractivity contribution in [1.82, 2.24) is 0 Å². The van der Waals surface area contributed by atoms with Gasteiger partial charge in [-0.3, -0.25) is 0 Å². The van der Waals surface area contributed by atoms with Crippen molar-refractivity contribution >= 4 is 15.8 Å². The summed E-state index contributed by atoms with van der Waals surface area (Å²) in [5, 5.41) is 9.00. The number of benzene rings is 1. The highest BCUT2D eigenvalue weighted by atomic mass is 32.2. The lowest BCUT2D eigenvalue weighted by Gasteiger charge is -2.10. The molecule has 0 spiro atoms. The number of carboxylic acid groups (broad SMARTS) is 1. The lowest BCUT2D eigenvalue weighted by Crippen LogP contribution is -2.12. The van der Waals surface area contributed by atoms with E-state index in [0.717, 1.165) is 5.56 Å². The first-order valence-electron chi connectivity index (χ1n) is 6.03. The number of carbonyl (C=O) groups is 1. The largest absolute Gasteiger partial charge is 0.493 e. The Labute approximate surface area is 113 Å². The van der Waals surface area contributed by atoms with Crippen molar-refractivity contribution in [3.63, 3.8) is 0 Å². The van der Waals surface area contributed by atoms with Crippen LogP contribution in [0.3, 0.4) is 0 Å². The molecule has 1 rings (SSSR count). The molecule has 1 aromatic carbocycles. The van der Waals surface area contributed by atoms with Gasteiger partial charge in [-0.2, -0.15) is 0 Å². The highest BCUT2D eigenvalue weighted by Gasteiger charge is 2.12. The molecule has 0 aliphatic carbocycles. The molecule has 106 valence electrons. The third kappa shape index (κ3) is 4.90. The Hall–Kier alpha value is -1.56. The molecule has 0 fully saturated rings. The summed E-state index contributed by atoms with van der Waals surface area (Å²) in [7, 11) is -3.00. The van der Waals surface area contributed by atoms with Crippen molar-refractivity contribution in [3.05, 3.63) is 29.3 Å². The van der Waals surface area contributed by atoms with Gasteiger partial charge in [-0.1, -0.05) is 13.0 Å². The van der Waals surface area contributed by atoms with Crippen molar-refractivity contribution in [2.75, 3.05) is 18.1 Å². The lowest BCUT2D eigenvalue weighted by molar-refractivity contribution is 0.0692. The summed E-state index contributed by atoms with van der Waals surface area (Å²) >= 11 is 0. The van der Waals surface area contributed by atoms with E-state index in [-0.39, 0.29) is 29.4 Å². The average molecular weight is 286 g/mol. The third-order valence-electron chi connectivity index (χ3n) is 2.66. The zero-order valence-corrected chi connectivity index (χ0v) is 11.9. The maximum atomic E-state index is 11.3. The Morgan fingerprint density at radius 2 is 2.05 bits per heavy atom. The van der Waals surface area contributed by atoms with Gasteiger partial charge in [0.25, 0.3) is 0 Å². The van der Waals surface area contributed by atoms with Crippen molar-refractivity contribution in [2.24, 2.45) is 0 Å². The topological polar surface area (TPSA) is 80.7 Å². The molecular weight excluding hydrogens is 268 g/mol. The number of aryl methyl sites for hydroxylation is 1. The van der Waals surface area contributed by atoms with Gasteiger partial charge >= 0.3 is 5.97 Å². The molecule has 6 heteroatoms. The Kier molecular flexibility index (Phi) is 5.35. The van der Waals surface area contributed by atoms with Crippen LogP contribution in [0.4, 0.5) is 0 Å². The molecule has 0 saturated carbocycles. The fourth-order valence-electron chi connectivity index (χ4n) is 1.53. The van der Waals surface area contributed by atoms with Crippen LogP contribution in [-0.2, 0) is 9.84 Å². The number of aromatic carboxylic acids is 1. The van der Waals surface area contributed by atoms with E-state index in [2.05, 4.69) is 0 Å². The summed E-state index contributed by atoms with van der Waals surface area (Å²) < 4.78 is 28.0. The highest BCUT2D eigenvalue weighted by Crippen LogP contribution is 2.20. The maximum Gasteiger partial charge on any atom is 0.339 e. The first-order chi connectivity index (χ1) is 8.85. The number of hydrogen-bond acceptors (Lipinski definition) is 4. The van der Waals surface area contributed by atoms with Crippen molar-refractivity contribution in [3.8, 4) is 5.75 Å². The minimum atomic E-state index is -3.00. The lowest BCUT2D eigenvalue weighted by atomic mass is 10.1. The summed E-state index contributed by atoms with van der Waals surface area (Å²) in [6, 6.07) is 4.81. The van der Waals surface area contributed by atoms with E-state index < -0.39 is 15.8 Å². The van der Waals surface area contributed by atoms with Gasteiger partial charge in [0.05, 0.1) is 12.4 Å². The average Bonchev–Trinajstić information content (AvgIpc) is 2.34. The van der Waals surface area contributed by atoms with E-state index >= 15 is 0 Å². The molecule has 0 bridgehead atoms. The fraction of sp³-hybridized carbons (Fsp3) is 0.462. The van der Waals surface area contributed by atoms with Gasteiger partial charge in [-0.05, 0) is 31.0 Å². The van der Waals surface area contributed by atoms with E-state index in [4.69, 9.17) is 9.84 Å². The van der Waals surface area contributed by atoms with Crippen LogP contribution in [0.5, 0.6) is 5.75 Å². The van der Waals surface area contributed by atoms with E-state index in [0.29, 0.717) is 6.42 Å². The molecule has 0 unspecified atom stereocenters. The van der Waals surface area contributed by atoms with Crippen LogP contribution in [0.25, 0.3) is 0 Å². The SMILES string of the molecule is CCS(=O)(=O)CCCOc1cc(C)ccc1C(=O)O. The van der Waals surface area contributed by atoms with Crippen LogP contribution in [-0.4, -0.2) is 37.6 Å². The van der Waals surface area contributed by atoms with Crippen LogP contribution in [0.15, 0.2) is 18.2 Å². The standard InChI is InChI=1S/C13H18O5S/c1-3-19(16,17)8-4-7-18-12-9-10(2)5-6-11(12)13(14)15/h5-6,9H,3-4,7-8H2,1-2H3,(H,14,15). The molecule has 0 aliphatic rings. The van der Waals surface area contributed by atoms with Crippen molar-refractivity contribution < 1.29 is 23.1 Å². The van der Waals surface area contributed by atoms with Crippen LogP contribution >= 0.6 is 0 Å².